The first-order valence-corrected chi connectivity index (χ1v) is 9.64. The number of nitrogens with one attached hydrogen (secondary N) is 1. The lowest BCUT2D eigenvalue weighted by Crippen LogP contribution is -2.13. The van der Waals surface area contributed by atoms with Crippen LogP contribution in [0.1, 0.15) is 16.7 Å². The predicted octanol–water partition coefficient (Wildman–Crippen LogP) is 5.33. The van der Waals surface area contributed by atoms with Crippen molar-refractivity contribution in [3.8, 4) is 16.9 Å². The molecule has 0 saturated heterocycles. The van der Waals surface area contributed by atoms with Gasteiger partial charge in [-0.3, -0.25) is 15.1 Å². The minimum atomic E-state index is -0.863. The van der Waals surface area contributed by atoms with Crippen molar-refractivity contribution in [2.75, 3.05) is 7.11 Å². The molecular formula is C24H22ClNO4. The predicted molar refractivity (Wildman–Crippen MR) is 118 cm³/mol. The second-order valence-corrected chi connectivity index (χ2v) is 7.12. The van der Waals surface area contributed by atoms with Crippen molar-refractivity contribution in [1.29, 1.82) is 0 Å². The summed E-state index contributed by atoms with van der Waals surface area (Å²) in [5.41, 5.74) is 7.69. The standard InChI is InChI=1S/C24H22ClNO4/c1-16(26-30-15-17-6-9-21(25)10-7-17)22-14-20(8-11-23(22)29-2)19-5-3-4-18(12-19)13-24(27)28/h3-12,14,26H,1,13,15H2,2H3,(H,27,28). The maximum atomic E-state index is 11.0. The van der Waals surface area contributed by atoms with Crippen LogP contribution in [0.3, 0.4) is 0 Å². The van der Waals surface area contributed by atoms with Crippen LogP contribution in [0.4, 0.5) is 0 Å². The highest BCUT2D eigenvalue weighted by Crippen LogP contribution is 2.30. The second kappa shape index (κ2) is 9.96. The molecule has 0 aliphatic rings. The number of ether oxygens (including phenoxy) is 1. The van der Waals surface area contributed by atoms with E-state index in [1.807, 2.05) is 48.5 Å². The molecule has 0 aliphatic carbocycles. The molecule has 0 radical (unpaired) electrons. The van der Waals surface area contributed by atoms with Crippen LogP contribution >= 0.6 is 11.6 Å². The molecule has 3 aromatic carbocycles. The highest BCUT2D eigenvalue weighted by molar-refractivity contribution is 6.30. The van der Waals surface area contributed by atoms with E-state index in [0.717, 1.165) is 27.8 Å². The smallest absolute Gasteiger partial charge is 0.307 e. The molecule has 0 bridgehead atoms. The number of carboxylic acid groups (broad SMARTS) is 1. The third-order valence-corrected chi connectivity index (χ3v) is 4.74. The second-order valence-electron chi connectivity index (χ2n) is 6.68. The maximum Gasteiger partial charge on any atom is 0.307 e. The van der Waals surface area contributed by atoms with E-state index in [2.05, 4.69) is 12.1 Å². The number of carboxylic acids is 1. The summed E-state index contributed by atoms with van der Waals surface area (Å²) in [5.74, 6) is -0.217. The number of halogens is 1. The Morgan fingerprint density at radius 3 is 2.47 bits per heavy atom. The zero-order valence-electron chi connectivity index (χ0n) is 16.5. The van der Waals surface area contributed by atoms with Crippen LogP contribution in [-0.2, 0) is 22.7 Å². The summed E-state index contributed by atoms with van der Waals surface area (Å²) < 4.78 is 5.46. The van der Waals surface area contributed by atoms with Crippen LogP contribution in [0.25, 0.3) is 16.8 Å². The van der Waals surface area contributed by atoms with Gasteiger partial charge in [0.25, 0.3) is 0 Å². The number of hydrogen-bond donors (Lipinski definition) is 2. The van der Waals surface area contributed by atoms with Gasteiger partial charge in [0, 0.05) is 10.6 Å². The number of hydrogen-bond acceptors (Lipinski definition) is 4. The third-order valence-electron chi connectivity index (χ3n) is 4.49. The maximum absolute atomic E-state index is 11.0. The van der Waals surface area contributed by atoms with Crippen molar-refractivity contribution in [3.63, 3.8) is 0 Å². The van der Waals surface area contributed by atoms with Crippen LogP contribution in [0.2, 0.25) is 5.02 Å². The minimum Gasteiger partial charge on any atom is -0.496 e. The van der Waals surface area contributed by atoms with Crippen LogP contribution < -0.4 is 10.2 Å². The molecule has 0 saturated carbocycles. The molecule has 0 amide bonds. The molecule has 0 spiro atoms. The number of rotatable bonds is 9. The van der Waals surface area contributed by atoms with E-state index in [1.165, 1.54) is 0 Å². The van der Waals surface area contributed by atoms with Gasteiger partial charge in [-0.25, -0.2) is 0 Å². The molecule has 0 heterocycles. The fraction of sp³-hybridized carbons (Fsp3) is 0.125. The zero-order valence-corrected chi connectivity index (χ0v) is 17.3. The zero-order chi connectivity index (χ0) is 21.5. The van der Waals surface area contributed by atoms with Crippen molar-refractivity contribution in [3.05, 3.63) is 95.0 Å². The average Bonchev–Trinajstić information content (AvgIpc) is 2.74. The van der Waals surface area contributed by atoms with Gasteiger partial charge in [0.2, 0.25) is 0 Å². The largest absolute Gasteiger partial charge is 0.496 e. The molecule has 30 heavy (non-hydrogen) atoms. The van der Waals surface area contributed by atoms with Gasteiger partial charge in [-0.1, -0.05) is 60.6 Å². The Hall–Kier alpha value is -3.28. The molecule has 5 nitrogen and oxygen atoms in total. The van der Waals surface area contributed by atoms with Crippen molar-refractivity contribution in [2.24, 2.45) is 0 Å². The van der Waals surface area contributed by atoms with E-state index >= 15 is 0 Å². The number of aliphatic carboxylic acids is 1. The number of methoxy groups -OCH3 is 1. The first-order valence-electron chi connectivity index (χ1n) is 9.27. The van der Waals surface area contributed by atoms with Crippen LogP contribution in [0.15, 0.2) is 73.3 Å². The summed E-state index contributed by atoms with van der Waals surface area (Å²) in [5, 5.41) is 9.71. The monoisotopic (exact) mass is 423 g/mol. The number of carbonyl (C=O) groups is 1. The van der Waals surface area contributed by atoms with Crippen molar-refractivity contribution < 1.29 is 19.5 Å². The Morgan fingerprint density at radius 1 is 1.03 bits per heavy atom. The van der Waals surface area contributed by atoms with E-state index in [1.54, 1.807) is 25.3 Å². The van der Waals surface area contributed by atoms with Crippen molar-refractivity contribution in [1.82, 2.24) is 5.48 Å². The van der Waals surface area contributed by atoms with Crippen molar-refractivity contribution >= 4 is 23.3 Å². The van der Waals surface area contributed by atoms with Gasteiger partial charge in [-0.05, 0) is 46.5 Å². The Labute approximate surface area is 180 Å². The third kappa shape index (κ3) is 5.63. The number of benzene rings is 3. The summed E-state index contributed by atoms with van der Waals surface area (Å²) in [7, 11) is 1.59. The molecule has 0 aliphatic heterocycles. The fourth-order valence-electron chi connectivity index (χ4n) is 3.00. The van der Waals surface area contributed by atoms with Crippen molar-refractivity contribution in [2.45, 2.75) is 13.0 Å². The normalized spacial score (nSPS) is 10.5. The van der Waals surface area contributed by atoms with E-state index in [9.17, 15) is 4.79 Å². The van der Waals surface area contributed by atoms with Crippen LogP contribution in [0, 0.1) is 0 Å². The molecule has 0 aromatic heterocycles. The summed E-state index contributed by atoms with van der Waals surface area (Å²) in [6, 6.07) is 20.5. The molecule has 6 heteroatoms. The minimum absolute atomic E-state index is 0.0242. The van der Waals surface area contributed by atoms with E-state index < -0.39 is 5.97 Å². The Morgan fingerprint density at radius 2 is 1.77 bits per heavy atom. The topological polar surface area (TPSA) is 67.8 Å². The SMILES string of the molecule is C=C(NOCc1ccc(Cl)cc1)c1cc(-c2cccc(CC(=O)O)c2)ccc1OC. The Bertz CT molecular complexity index is 1050. The van der Waals surface area contributed by atoms with Crippen LogP contribution in [-0.4, -0.2) is 18.2 Å². The van der Waals surface area contributed by atoms with Crippen LogP contribution in [0.5, 0.6) is 5.75 Å². The summed E-state index contributed by atoms with van der Waals surface area (Å²) in [4.78, 5) is 16.6. The van der Waals surface area contributed by atoms with Gasteiger partial charge in [0.15, 0.2) is 0 Å². The summed E-state index contributed by atoms with van der Waals surface area (Å²) in [6.07, 6.45) is -0.0242. The highest BCUT2D eigenvalue weighted by Gasteiger charge is 2.11. The lowest BCUT2D eigenvalue weighted by molar-refractivity contribution is -0.136. The number of hydroxylamine groups is 1. The molecule has 0 fully saturated rings. The van der Waals surface area contributed by atoms with Gasteiger partial charge in [-0.2, -0.15) is 0 Å². The van der Waals surface area contributed by atoms with E-state index in [4.69, 9.17) is 26.3 Å². The molecule has 0 unspecified atom stereocenters. The average molecular weight is 424 g/mol. The first-order chi connectivity index (χ1) is 14.5. The fourth-order valence-corrected chi connectivity index (χ4v) is 3.13. The van der Waals surface area contributed by atoms with Gasteiger partial charge in [0.1, 0.15) is 5.75 Å². The molecule has 154 valence electrons. The van der Waals surface area contributed by atoms with Gasteiger partial charge < -0.3 is 9.84 Å². The van der Waals surface area contributed by atoms with Gasteiger partial charge in [0.05, 0.1) is 25.8 Å². The molecular weight excluding hydrogens is 402 g/mol. The molecule has 3 aromatic rings. The van der Waals surface area contributed by atoms with Gasteiger partial charge >= 0.3 is 5.97 Å². The lowest BCUT2D eigenvalue weighted by atomic mass is 9.99. The summed E-state index contributed by atoms with van der Waals surface area (Å²) >= 11 is 5.90. The molecule has 0 atom stereocenters. The Kier molecular flexibility index (Phi) is 7.12. The lowest BCUT2D eigenvalue weighted by Gasteiger charge is -2.15. The summed E-state index contributed by atoms with van der Waals surface area (Å²) in [6.45, 7) is 4.40. The molecule has 2 N–H and O–H groups in total. The Balaban J connectivity index is 1.76. The van der Waals surface area contributed by atoms with E-state index in [0.29, 0.717) is 23.1 Å². The van der Waals surface area contributed by atoms with Gasteiger partial charge in [-0.15, -0.1) is 0 Å². The quantitative estimate of drug-likeness (QED) is 0.455. The highest BCUT2D eigenvalue weighted by atomic mass is 35.5. The first kappa shape index (κ1) is 21.4. The molecule has 3 rings (SSSR count). The van der Waals surface area contributed by atoms with E-state index in [-0.39, 0.29) is 6.42 Å².